The molecular formula is C16H16N6O2. The van der Waals surface area contributed by atoms with Crippen LogP contribution < -0.4 is 0 Å². The molecule has 8 heteroatoms. The number of carbonyl (C=O) groups is 1. The fraction of sp³-hybridized carbons (Fsp3) is 0.312. The Labute approximate surface area is 138 Å². The zero-order valence-corrected chi connectivity index (χ0v) is 12.9. The van der Waals surface area contributed by atoms with Gasteiger partial charge in [-0.2, -0.15) is 4.98 Å². The first kappa shape index (κ1) is 14.6. The number of amides is 1. The Kier molecular flexibility index (Phi) is 3.78. The molecule has 1 aliphatic heterocycles. The summed E-state index contributed by atoms with van der Waals surface area (Å²) >= 11 is 0. The predicted molar refractivity (Wildman–Crippen MR) is 83.5 cm³/mol. The van der Waals surface area contributed by atoms with Crippen molar-refractivity contribution in [1.82, 2.24) is 29.8 Å². The molecule has 1 aromatic carbocycles. The summed E-state index contributed by atoms with van der Waals surface area (Å²) in [6, 6.07) is 7.49. The van der Waals surface area contributed by atoms with Crippen molar-refractivity contribution in [1.29, 1.82) is 0 Å². The number of piperidine rings is 1. The van der Waals surface area contributed by atoms with Crippen molar-refractivity contribution >= 4 is 5.91 Å². The zero-order valence-electron chi connectivity index (χ0n) is 12.9. The highest BCUT2D eigenvalue weighted by Crippen LogP contribution is 2.27. The highest BCUT2D eigenvalue weighted by Gasteiger charge is 2.27. The second-order valence-electron chi connectivity index (χ2n) is 5.74. The maximum atomic E-state index is 12.9. The van der Waals surface area contributed by atoms with Gasteiger partial charge in [0.1, 0.15) is 12.7 Å². The van der Waals surface area contributed by atoms with Crippen LogP contribution in [0.5, 0.6) is 0 Å². The summed E-state index contributed by atoms with van der Waals surface area (Å²) in [5, 5.41) is 11.5. The number of nitrogens with zero attached hydrogens (tertiary/aromatic N) is 6. The highest BCUT2D eigenvalue weighted by molar-refractivity contribution is 5.97. The molecule has 3 heterocycles. The molecule has 8 nitrogen and oxygen atoms in total. The fourth-order valence-corrected chi connectivity index (χ4v) is 3.07. The number of aromatic nitrogens is 5. The molecule has 3 aromatic rings. The van der Waals surface area contributed by atoms with Crippen LogP contribution in [0.2, 0.25) is 0 Å². The van der Waals surface area contributed by atoms with Crippen molar-refractivity contribution in [3.63, 3.8) is 0 Å². The quantitative estimate of drug-likeness (QED) is 0.728. The average Bonchev–Trinajstić information content (AvgIpc) is 3.35. The molecule has 122 valence electrons. The van der Waals surface area contributed by atoms with E-state index in [2.05, 4.69) is 20.3 Å². The number of likely N-dealkylation sites (tertiary alicyclic amines) is 1. The minimum Gasteiger partial charge on any atom is -0.343 e. The number of hydrogen-bond donors (Lipinski definition) is 0. The maximum absolute atomic E-state index is 12.9. The monoisotopic (exact) mass is 324 g/mol. The predicted octanol–water partition coefficient (Wildman–Crippen LogP) is 1.67. The Balaban J connectivity index is 1.51. The summed E-state index contributed by atoms with van der Waals surface area (Å²) in [7, 11) is 0. The summed E-state index contributed by atoms with van der Waals surface area (Å²) in [4.78, 5) is 18.9. The molecule has 0 aliphatic carbocycles. The van der Waals surface area contributed by atoms with E-state index in [1.807, 2.05) is 29.2 Å². The molecule has 24 heavy (non-hydrogen) atoms. The van der Waals surface area contributed by atoms with Gasteiger partial charge < -0.3 is 9.42 Å². The van der Waals surface area contributed by atoms with E-state index in [0.717, 1.165) is 24.4 Å². The lowest BCUT2D eigenvalue weighted by Gasteiger charge is -2.31. The second-order valence-corrected chi connectivity index (χ2v) is 5.74. The molecule has 1 amide bonds. The number of carbonyl (C=O) groups excluding carboxylic acids is 1. The Morgan fingerprint density at radius 2 is 1.88 bits per heavy atom. The van der Waals surface area contributed by atoms with E-state index < -0.39 is 0 Å². The van der Waals surface area contributed by atoms with E-state index in [1.54, 1.807) is 17.2 Å². The van der Waals surface area contributed by atoms with Gasteiger partial charge in [-0.05, 0) is 25.0 Å². The molecule has 1 fully saturated rings. The minimum absolute atomic E-state index is 0.0193. The van der Waals surface area contributed by atoms with Crippen molar-refractivity contribution in [3.8, 4) is 5.69 Å². The number of hydrogen-bond acceptors (Lipinski definition) is 6. The Bertz CT molecular complexity index is 807. The molecule has 4 rings (SSSR count). The van der Waals surface area contributed by atoms with Crippen LogP contribution in [-0.2, 0) is 0 Å². The molecule has 0 unspecified atom stereocenters. The lowest BCUT2D eigenvalue weighted by Crippen LogP contribution is -2.38. The lowest BCUT2D eigenvalue weighted by molar-refractivity contribution is 0.0710. The van der Waals surface area contributed by atoms with E-state index >= 15 is 0 Å². The third-order valence-corrected chi connectivity index (χ3v) is 4.36. The van der Waals surface area contributed by atoms with Gasteiger partial charge >= 0.3 is 0 Å². The molecule has 0 saturated carbocycles. The van der Waals surface area contributed by atoms with Crippen molar-refractivity contribution in [2.45, 2.75) is 18.8 Å². The van der Waals surface area contributed by atoms with Crippen LogP contribution in [0.3, 0.4) is 0 Å². The van der Waals surface area contributed by atoms with Crippen LogP contribution in [0, 0.1) is 0 Å². The summed E-state index contributed by atoms with van der Waals surface area (Å²) in [5.74, 6) is 0.999. The Morgan fingerprint density at radius 3 is 2.58 bits per heavy atom. The first-order chi connectivity index (χ1) is 11.8. The zero-order chi connectivity index (χ0) is 16.4. The van der Waals surface area contributed by atoms with Crippen LogP contribution in [0.15, 0.2) is 47.8 Å². The number of para-hydroxylation sites is 1. The third kappa shape index (κ3) is 2.66. The molecule has 0 spiro atoms. The molecule has 0 bridgehead atoms. The topological polar surface area (TPSA) is 89.9 Å². The first-order valence-corrected chi connectivity index (χ1v) is 7.82. The molecule has 2 aromatic heterocycles. The van der Waals surface area contributed by atoms with Crippen molar-refractivity contribution in [2.75, 3.05) is 13.1 Å². The SMILES string of the molecule is O=C(c1ccccc1-n1cnnc1)N1CCC(c2ncon2)CC1. The summed E-state index contributed by atoms with van der Waals surface area (Å²) in [6.45, 7) is 1.35. The van der Waals surface area contributed by atoms with Crippen molar-refractivity contribution < 1.29 is 9.32 Å². The van der Waals surface area contributed by atoms with Gasteiger partial charge in [-0.25, -0.2) is 0 Å². The van der Waals surface area contributed by atoms with Gasteiger partial charge in [0.15, 0.2) is 5.82 Å². The average molecular weight is 324 g/mol. The lowest BCUT2D eigenvalue weighted by atomic mass is 9.95. The Hall–Kier alpha value is -3.03. The van der Waals surface area contributed by atoms with Crippen LogP contribution in [0.25, 0.3) is 5.69 Å². The molecule has 0 radical (unpaired) electrons. The molecule has 1 aliphatic rings. The van der Waals surface area contributed by atoms with E-state index in [0.29, 0.717) is 18.7 Å². The van der Waals surface area contributed by atoms with Crippen molar-refractivity contribution in [3.05, 3.63) is 54.7 Å². The number of rotatable bonds is 3. The highest BCUT2D eigenvalue weighted by atomic mass is 16.5. The van der Waals surface area contributed by atoms with Gasteiger partial charge in [-0.15, -0.1) is 10.2 Å². The largest absolute Gasteiger partial charge is 0.343 e. The van der Waals surface area contributed by atoms with Crippen LogP contribution >= 0.6 is 0 Å². The Morgan fingerprint density at radius 1 is 1.12 bits per heavy atom. The normalized spacial score (nSPS) is 15.6. The van der Waals surface area contributed by atoms with Gasteiger partial charge in [0.2, 0.25) is 6.39 Å². The van der Waals surface area contributed by atoms with Gasteiger partial charge in [-0.1, -0.05) is 17.3 Å². The number of benzene rings is 1. The van der Waals surface area contributed by atoms with Crippen LogP contribution in [0.4, 0.5) is 0 Å². The van der Waals surface area contributed by atoms with Crippen molar-refractivity contribution in [2.24, 2.45) is 0 Å². The summed E-state index contributed by atoms with van der Waals surface area (Å²) < 4.78 is 6.56. The van der Waals surface area contributed by atoms with Gasteiger partial charge in [0, 0.05) is 19.0 Å². The van der Waals surface area contributed by atoms with E-state index in [-0.39, 0.29) is 11.8 Å². The van der Waals surface area contributed by atoms with E-state index in [9.17, 15) is 4.79 Å². The fourth-order valence-electron chi connectivity index (χ4n) is 3.07. The van der Waals surface area contributed by atoms with E-state index in [4.69, 9.17) is 4.52 Å². The van der Waals surface area contributed by atoms with Gasteiger partial charge in [0.05, 0.1) is 11.3 Å². The maximum Gasteiger partial charge on any atom is 0.255 e. The van der Waals surface area contributed by atoms with Crippen LogP contribution in [-0.4, -0.2) is 48.8 Å². The summed E-state index contributed by atoms with van der Waals surface area (Å²) in [5.41, 5.74) is 1.43. The standard InChI is InChI=1S/C16H16N6O2/c23-16(13-3-1-2-4-14(13)22-9-18-19-10-22)21-7-5-12(6-8-21)15-17-11-24-20-15/h1-4,9-12H,5-8H2. The molecule has 0 atom stereocenters. The third-order valence-electron chi connectivity index (χ3n) is 4.36. The second kappa shape index (κ2) is 6.23. The summed E-state index contributed by atoms with van der Waals surface area (Å²) in [6.07, 6.45) is 6.20. The minimum atomic E-state index is 0.0193. The smallest absolute Gasteiger partial charge is 0.255 e. The van der Waals surface area contributed by atoms with Gasteiger partial charge in [0.25, 0.3) is 5.91 Å². The molecule has 0 N–H and O–H groups in total. The van der Waals surface area contributed by atoms with Crippen LogP contribution in [0.1, 0.15) is 34.9 Å². The molecule has 1 saturated heterocycles. The van der Waals surface area contributed by atoms with E-state index in [1.165, 1.54) is 6.39 Å². The first-order valence-electron chi connectivity index (χ1n) is 7.82. The van der Waals surface area contributed by atoms with Gasteiger partial charge in [-0.3, -0.25) is 9.36 Å². The molecular weight excluding hydrogens is 308 g/mol.